The van der Waals surface area contributed by atoms with Crippen molar-refractivity contribution < 1.29 is 14.3 Å². The highest BCUT2D eigenvalue weighted by Crippen LogP contribution is 2.33. The van der Waals surface area contributed by atoms with Gasteiger partial charge in [0.25, 0.3) is 5.91 Å². The van der Waals surface area contributed by atoms with E-state index in [4.69, 9.17) is 9.47 Å². The van der Waals surface area contributed by atoms with E-state index in [1.54, 1.807) is 18.2 Å². The molecule has 0 atom stereocenters. The van der Waals surface area contributed by atoms with E-state index in [1.165, 1.54) is 0 Å². The smallest absolute Gasteiger partial charge is 0.254 e. The minimum absolute atomic E-state index is 0.0315. The summed E-state index contributed by atoms with van der Waals surface area (Å²) >= 11 is 0. The predicted octanol–water partition coefficient (Wildman–Crippen LogP) is 2.93. The molecule has 6 heteroatoms. The molecule has 3 heterocycles. The molecule has 0 radical (unpaired) electrons. The van der Waals surface area contributed by atoms with Gasteiger partial charge in [-0.3, -0.25) is 9.78 Å². The van der Waals surface area contributed by atoms with Crippen molar-refractivity contribution in [2.24, 2.45) is 0 Å². The number of benzene rings is 2. The normalized spacial score (nSPS) is 16.0. The van der Waals surface area contributed by atoms with E-state index in [0.29, 0.717) is 30.2 Å². The van der Waals surface area contributed by atoms with Crippen molar-refractivity contribution in [1.82, 2.24) is 9.88 Å². The van der Waals surface area contributed by atoms with Crippen molar-refractivity contribution >= 4 is 22.5 Å². The molecule has 2 aromatic carbocycles. The quantitative estimate of drug-likeness (QED) is 0.702. The van der Waals surface area contributed by atoms with Crippen LogP contribution in [0.4, 0.5) is 5.69 Å². The number of carbonyl (C=O) groups excluding carboxylic acids is 1. The van der Waals surface area contributed by atoms with Crippen molar-refractivity contribution in [2.45, 2.75) is 0 Å². The SMILES string of the molecule is O=C(c1ccc2c(c1)OCO2)N1CCN(c2cccc3cccnc23)CC1. The fraction of sp³-hybridized carbons (Fsp3) is 0.238. The van der Waals surface area contributed by atoms with Crippen molar-refractivity contribution in [3.8, 4) is 11.5 Å². The summed E-state index contributed by atoms with van der Waals surface area (Å²) in [4.78, 5) is 21.6. The number of hydrogen-bond acceptors (Lipinski definition) is 5. The molecule has 0 N–H and O–H groups in total. The third-order valence-electron chi connectivity index (χ3n) is 5.14. The molecule has 2 aliphatic rings. The van der Waals surface area contributed by atoms with Crippen molar-refractivity contribution in [1.29, 1.82) is 0 Å². The first-order valence-electron chi connectivity index (χ1n) is 9.07. The number of piperazine rings is 1. The van der Waals surface area contributed by atoms with Crippen molar-refractivity contribution in [2.75, 3.05) is 37.9 Å². The molecule has 27 heavy (non-hydrogen) atoms. The lowest BCUT2D eigenvalue weighted by molar-refractivity contribution is 0.0746. The first-order chi connectivity index (χ1) is 13.3. The molecule has 0 saturated carbocycles. The summed E-state index contributed by atoms with van der Waals surface area (Å²) in [5, 5.41) is 1.13. The van der Waals surface area contributed by atoms with Crippen LogP contribution >= 0.6 is 0 Å². The lowest BCUT2D eigenvalue weighted by Gasteiger charge is -2.36. The molecular weight excluding hydrogens is 342 g/mol. The number of aromatic nitrogens is 1. The fourth-order valence-electron chi connectivity index (χ4n) is 3.71. The number of fused-ring (bicyclic) bond motifs is 2. The van der Waals surface area contributed by atoms with E-state index in [1.807, 2.05) is 17.2 Å². The van der Waals surface area contributed by atoms with E-state index in [9.17, 15) is 4.79 Å². The van der Waals surface area contributed by atoms with Gasteiger partial charge in [0.05, 0.1) is 11.2 Å². The van der Waals surface area contributed by atoms with E-state index in [-0.39, 0.29) is 12.7 Å². The number of rotatable bonds is 2. The highest BCUT2D eigenvalue weighted by molar-refractivity contribution is 5.95. The first kappa shape index (κ1) is 15.9. The Morgan fingerprint density at radius 2 is 1.74 bits per heavy atom. The molecule has 6 nitrogen and oxygen atoms in total. The van der Waals surface area contributed by atoms with Crippen LogP contribution in [0.15, 0.2) is 54.7 Å². The van der Waals surface area contributed by atoms with Gasteiger partial charge in [-0.25, -0.2) is 0 Å². The van der Waals surface area contributed by atoms with Gasteiger partial charge in [-0.2, -0.15) is 0 Å². The van der Waals surface area contributed by atoms with Gasteiger partial charge >= 0.3 is 0 Å². The maximum Gasteiger partial charge on any atom is 0.254 e. The topological polar surface area (TPSA) is 54.9 Å². The van der Waals surface area contributed by atoms with Crippen LogP contribution in [-0.2, 0) is 0 Å². The third kappa shape index (κ3) is 2.83. The maximum atomic E-state index is 12.9. The average Bonchev–Trinajstić information content (AvgIpc) is 3.21. The van der Waals surface area contributed by atoms with Crippen LogP contribution in [0.2, 0.25) is 0 Å². The van der Waals surface area contributed by atoms with Crippen molar-refractivity contribution in [3.05, 3.63) is 60.3 Å². The zero-order chi connectivity index (χ0) is 18.2. The summed E-state index contributed by atoms with van der Waals surface area (Å²) < 4.78 is 10.7. The minimum Gasteiger partial charge on any atom is -0.454 e. The number of carbonyl (C=O) groups is 1. The molecule has 3 aromatic rings. The molecule has 2 aliphatic heterocycles. The molecule has 5 rings (SSSR count). The number of anilines is 1. The van der Waals surface area contributed by atoms with Gasteiger partial charge in [0.15, 0.2) is 11.5 Å². The summed E-state index contributed by atoms with van der Waals surface area (Å²) in [6.45, 7) is 3.13. The number of pyridine rings is 1. The summed E-state index contributed by atoms with van der Waals surface area (Å²) in [6.07, 6.45) is 1.82. The third-order valence-corrected chi connectivity index (χ3v) is 5.14. The molecule has 1 fully saturated rings. The van der Waals surface area contributed by atoms with E-state index < -0.39 is 0 Å². The zero-order valence-electron chi connectivity index (χ0n) is 14.8. The largest absolute Gasteiger partial charge is 0.454 e. The summed E-state index contributed by atoms with van der Waals surface area (Å²) in [7, 11) is 0. The Balaban J connectivity index is 1.32. The molecule has 1 aromatic heterocycles. The molecule has 0 bridgehead atoms. The van der Waals surface area contributed by atoms with Crippen LogP contribution in [-0.4, -0.2) is 48.8 Å². The zero-order valence-corrected chi connectivity index (χ0v) is 14.8. The Bertz CT molecular complexity index is 1010. The highest BCUT2D eigenvalue weighted by Gasteiger charge is 2.25. The van der Waals surface area contributed by atoms with Crippen LogP contribution in [0.5, 0.6) is 11.5 Å². The molecule has 0 spiro atoms. The van der Waals surface area contributed by atoms with Crippen LogP contribution < -0.4 is 14.4 Å². The summed E-state index contributed by atoms with van der Waals surface area (Å²) in [5.74, 6) is 1.37. The molecule has 0 aliphatic carbocycles. The molecule has 1 amide bonds. The van der Waals surface area contributed by atoms with Gasteiger partial charge in [-0.15, -0.1) is 0 Å². The lowest BCUT2D eigenvalue weighted by Crippen LogP contribution is -2.48. The van der Waals surface area contributed by atoms with Crippen LogP contribution in [0.3, 0.4) is 0 Å². The molecule has 136 valence electrons. The molecule has 0 unspecified atom stereocenters. The standard InChI is InChI=1S/C21H19N3O3/c25-21(16-6-7-18-19(13-16)27-14-26-18)24-11-9-23(10-12-24)17-5-1-3-15-4-2-8-22-20(15)17/h1-8,13H,9-12,14H2. The van der Waals surface area contributed by atoms with E-state index >= 15 is 0 Å². The Labute approximate surface area is 156 Å². The number of ether oxygens (including phenoxy) is 2. The Hall–Kier alpha value is -3.28. The Morgan fingerprint density at radius 3 is 2.63 bits per heavy atom. The Morgan fingerprint density at radius 1 is 0.926 bits per heavy atom. The second-order valence-corrected chi connectivity index (χ2v) is 6.70. The van der Waals surface area contributed by atoms with Gasteiger partial charge in [-0.1, -0.05) is 18.2 Å². The number of nitrogens with zero attached hydrogens (tertiary/aromatic N) is 3. The van der Waals surface area contributed by atoms with Crippen molar-refractivity contribution in [3.63, 3.8) is 0 Å². The monoisotopic (exact) mass is 361 g/mol. The maximum absolute atomic E-state index is 12.9. The van der Waals surface area contributed by atoms with E-state index in [2.05, 4.69) is 34.1 Å². The number of hydrogen-bond donors (Lipinski definition) is 0. The summed E-state index contributed by atoms with van der Waals surface area (Å²) in [6, 6.07) is 15.6. The second kappa shape index (κ2) is 6.46. The van der Waals surface area contributed by atoms with Crippen LogP contribution in [0.25, 0.3) is 10.9 Å². The van der Waals surface area contributed by atoms with Gasteiger partial charge in [0, 0.05) is 43.3 Å². The molecule has 1 saturated heterocycles. The number of para-hydroxylation sites is 1. The fourth-order valence-corrected chi connectivity index (χ4v) is 3.71. The van der Waals surface area contributed by atoms with Gasteiger partial charge in [-0.05, 0) is 30.3 Å². The minimum atomic E-state index is 0.0315. The van der Waals surface area contributed by atoms with Gasteiger partial charge < -0.3 is 19.3 Å². The predicted molar refractivity (Wildman–Crippen MR) is 102 cm³/mol. The number of amides is 1. The average molecular weight is 361 g/mol. The first-order valence-corrected chi connectivity index (χ1v) is 9.07. The molecular formula is C21H19N3O3. The second-order valence-electron chi connectivity index (χ2n) is 6.70. The lowest BCUT2D eigenvalue weighted by atomic mass is 10.1. The van der Waals surface area contributed by atoms with Crippen LogP contribution in [0.1, 0.15) is 10.4 Å². The summed E-state index contributed by atoms with van der Waals surface area (Å²) in [5.41, 5.74) is 2.78. The Kier molecular flexibility index (Phi) is 3.81. The highest BCUT2D eigenvalue weighted by atomic mass is 16.7. The van der Waals surface area contributed by atoms with Gasteiger partial charge in [0.2, 0.25) is 6.79 Å². The van der Waals surface area contributed by atoms with Gasteiger partial charge in [0.1, 0.15) is 0 Å². The van der Waals surface area contributed by atoms with E-state index in [0.717, 1.165) is 29.7 Å². The van der Waals surface area contributed by atoms with Crippen LogP contribution in [0, 0.1) is 0 Å².